The van der Waals surface area contributed by atoms with Crippen LogP contribution in [0.1, 0.15) is 44.9 Å². The van der Waals surface area contributed by atoms with Crippen molar-refractivity contribution in [2.75, 3.05) is 18.5 Å². The number of hydrogen-bond donors (Lipinski definition) is 5. The lowest BCUT2D eigenvalue weighted by Crippen LogP contribution is -2.38. The van der Waals surface area contributed by atoms with E-state index >= 15 is 0 Å². The van der Waals surface area contributed by atoms with E-state index in [2.05, 4.69) is 5.32 Å². The van der Waals surface area contributed by atoms with E-state index < -0.39 is 23.6 Å². The lowest BCUT2D eigenvalue weighted by molar-refractivity contribution is -0.152. The number of nitrogen functional groups attached to an aromatic ring is 1. The van der Waals surface area contributed by atoms with Crippen LogP contribution in [0.5, 0.6) is 17.2 Å². The molecule has 0 fully saturated rings. The fourth-order valence-corrected chi connectivity index (χ4v) is 2.91. The molecule has 0 aliphatic carbocycles. The van der Waals surface area contributed by atoms with Gasteiger partial charge in [-0.3, -0.25) is 5.41 Å². The number of ether oxygens (including phenoxy) is 3. The topological polar surface area (TPSA) is 164 Å². The molecule has 10 heteroatoms. The molecular weight excluding hydrogens is 430 g/mol. The lowest BCUT2D eigenvalue weighted by atomic mass is 10.0. The summed E-state index contributed by atoms with van der Waals surface area (Å²) in [6.07, 6.45) is 0. The first-order valence-electron chi connectivity index (χ1n) is 10.3. The Bertz CT molecular complexity index is 1020. The second-order valence-corrected chi connectivity index (χ2v) is 7.53. The highest BCUT2D eigenvalue weighted by molar-refractivity contribution is 5.95. The average molecular weight is 459 g/mol. The second kappa shape index (κ2) is 10.6. The van der Waals surface area contributed by atoms with E-state index in [1.165, 1.54) is 26.0 Å². The molecule has 1 atom stereocenters. The van der Waals surface area contributed by atoms with Gasteiger partial charge in [-0.2, -0.15) is 0 Å². The summed E-state index contributed by atoms with van der Waals surface area (Å²) < 4.78 is 17.0. The number of hydrogen-bond acceptors (Lipinski definition) is 7. The van der Waals surface area contributed by atoms with Gasteiger partial charge in [0.05, 0.1) is 13.2 Å². The Morgan fingerprint density at radius 1 is 1.03 bits per heavy atom. The Balaban J connectivity index is 2.61. The summed E-state index contributed by atoms with van der Waals surface area (Å²) in [7, 11) is 0. The smallest absolute Gasteiger partial charge is 0.347 e. The Morgan fingerprint density at radius 2 is 1.58 bits per heavy atom. The van der Waals surface area contributed by atoms with E-state index in [0.29, 0.717) is 36.0 Å². The molecule has 0 amide bonds. The van der Waals surface area contributed by atoms with Crippen molar-refractivity contribution in [2.45, 2.75) is 39.3 Å². The van der Waals surface area contributed by atoms with Crippen molar-refractivity contribution in [2.24, 2.45) is 5.73 Å². The molecule has 0 heterocycles. The molecule has 0 aromatic heterocycles. The summed E-state index contributed by atoms with van der Waals surface area (Å²) in [5.74, 6) is -1.94. The number of carboxylic acid groups (broad SMARTS) is 2. The van der Waals surface area contributed by atoms with E-state index in [-0.39, 0.29) is 17.1 Å². The van der Waals surface area contributed by atoms with Crippen LogP contribution >= 0.6 is 0 Å². The van der Waals surface area contributed by atoms with Crippen molar-refractivity contribution >= 4 is 23.5 Å². The van der Waals surface area contributed by atoms with Crippen LogP contribution in [0.15, 0.2) is 36.4 Å². The number of nitrogens with one attached hydrogen (secondary N) is 2. The minimum absolute atomic E-state index is 0.0227. The standard InChI is InChI=1S/C23H29N3O7/c1-5-31-17-11-15(16(12-18(17)32-6-2)33-23(3,4)22(29)30)19(21(27)28)26-14-9-7-13(8-10-14)20(24)25/h7-12,19,26H,5-6H2,1-4H3,(H3,24,25)(H,27,28)(H,29,30). The van der Waals surface area contributed by atoms with Gasteiger partial charge < -0.3 is 35.5 Å². The molecule has 2 aromatic rings. The average Bonchev–Trinajstić information content (AvgIpc) is 2.74. The largest absolute Gasteiger partial charge is 0.490 e. The van der Waals surface area contributed by atoms with E-state index in [0.717, 1.165) is 0 Å². The molecule has 2 rings (SSSR count). The van der Waals surface area contributed by atoms with Gasteiger partial charge in [-0.1, -0.05) is 0 Å². The van der Waals surface area contributed by atoms with Crippen LogP contribution < -0.4 is 25.3 Å². The van der Waals surface area contributed by atoms with E-state index in [4.69, 9.17) is 25.4 Å². The molecule has 10 nitrogen and oxygen atoms in total. The molecular formula is C23H29N3O7. The number of carbonyl (C=O) groups is 2. The molecule has 33 heavy (non-hydrogen) atoms. The van der Waals surface area contributed by atoms with Crippen molar-refractivity contribution in [3.05, 3.63) is 47.5 Å². The van der Waals surface area contributed by atoms with E-state index in [1.54, 1.807) is 38.1 Å². The quantitative estimate of drug-likeness (QED) is 0.237. The predicted octanol–water partition coefficient (Wildman–Crippen LogP) is 3.25. The highest BCUT2D eigenvalue weighted by Gasteiger charge is 2.34. The van der Waals surface area contributed by atoms with Gasteiger partial charge in [0.1, 0.15) is 11.6 Å². The Morgan fingerprint density at radius 3 is 2.03 bits per heavy atom. The Kier molecular flexibility index (Phi) is 8.11. The van der Waals surface area contributed by atoms with Gasteiger partial charge in [0.15, 0.2) is 23.1 Å². The molecule has 1 unspecified atom stereocenters. The lowest BCUT2D eigenvalue weighted by Gasteiger charge is -2.27. The van der Waals surface area contributed by atoms with Crippen LogP contribution in [-0.2, 0) is 9.59 Å². The minimum atomic E-state index is -1.64. The van der Waals surface area contributed by atoms with Crippen molar-refractivity contribution in [1.29, 1.82) is 5.41 Å². The normalized spacial score (nSPS) is 11.9. The van der Waals surface area contributed by atoms with Crippen LogP contribution in [-0.4, -0.2) is 46.8 Å². The van der Waals surface area contributed by atoms with Gasteiger partial charge in [0.25, 0.3) is 0 Å². The maximum atomic E-state index is 12.3. The molecule has 0 aliphatic rings. The second-order valence-electron chi connectivity index (χ2n) is 7.53. The van der Waals surface area contributed by atoms with Crippen molar-refractivity contribution in [3.8, 4) is 17.2 Å². The number of carboxylic acids is 2. The van der Waals surface area contributed by atoms with Gasteiger partial charge in [-0.25, -0.2) is 9.59 Å². The molecule has 2 aromatic carbocycles. The first-order chi connectivity index (χ1) is 15.5. The highest BCUT2D eigenvalue weighted by Crippen LogP contribution is 2.40. The SMILES string of the molecule is CCOc1cc(OC(C)(C)C(=O)O)c(C(Nc2ccc(C(=N)N)cc2)C(=O)O)cc1OCC. The monoisotopic (exact) mass is 459 g/mol. The number of rotatable bonds is 12. The van der Waals surface area contributed by atoms with Gasteiger partial charge in [0.2, 0.25) is 0 Å². The zero-order chi connectivity index (χ0) is 24.8. The summed E-state index contributed by atoms with van der Waals surface area (Å²) in [6.45, 7) is 6.88. The molecule has 0 saturated heterocycles. The Labute approximate surface area is 191 Å². The zero-order valence-corrected chi connectivity index (χ0v) is 19.0. The van der Waals surface area contributed by atoms with Gasteiger partial charge in [0, 0.05) is 22.9 Å². The van der Waals surface area contributed by atoms with Crippen LogP contribution in [0, 0.1) is 5.41 Å². The van der Waals surface area contributed by atoms with Crippen LogP contribution in [0.2, 0.25) is 0 Å². The third-order valence-electron chi connectivity index (χ3n) is 4.62. The fraction of sp³-hybridized carbons (Fsp3) is 0.348. The molecule has 6 N–H and O–H groups in total. The maximum absolute atomic E-state index is 12.3. The molecule has 0 aliphatic heterocycles. The molecule has 0 radical (unpaired) electrons. The van der Waals surface area contributed by atoms with E-state index in [1.807, 2.05) is 0 Å². The maximum Gasteiger partial charge on any atom is 0.347 e. The third kappa shape index (κ3) is 6.28. The Hall–Kier alpha value is -3.95. The number of amidine groups is 1. The predicted molar refractivity (Wildman–Crippen MR) is 123 cm³/mol. The van der Waals surface area contributed by atoms with Gasteiger partial charge >= 0.3 is 11.9 Å². The molecule has 0 saturated carbocycles. The van der Waals surface area contributed by atoms with Gasteiger partial charge in [-0.05, 0) is 58.0 Å². The molecule has 178 valence electrons. The number of benzene rings is 2. The number of aliphatic carboxylic acids is 2. The first-order valence-corrected chi connectivity index (χ1v) is 10.3. The molecule has 0 spiro atoms. The number of nitrogens with two attached hydrogens (primary N) is 1. The van der Waals surface area contributed by atoms with Crippen LogP contribution in [0.25, 0.3) is 0 Å². The summed E-state index contributed by atoms with van der Waals surface area (Å²) >= 11 is 0. The third-order valence-corrected chi connectivity index (χ3v) is 4.62. The summed E-state index contributed by atoms with van der Waals surface area (Å²) in [5, 5.41) is 29.9. The summed E-state index contributed by atoms with van der Waals surface area (Å²) in [4.78, 5) is 23.9. The summed E-state index contributed by atoms with van der Waals surface area (Å²) in [5.41, 5.74) is 4.91. The summed E-state index contributed by atoms with van der Waals surface area (Å²) in [6, 6.07) is 7.93. The van der Waals surface area contributed by atoms with E-state index in [9.17, 15) is 19.8 Å². The first kappa shape index (κ1) is 25.3. The van der Waals surface area contributed by atoms with Crippen LogP contribution in [0.3, 0.4) is 0 Å². The van der Waals surface area contributed by atoms with Crippen LogP contribution in [0.4, 0.5) is 5.69 Å². The van der Waals surface area contributed by atoms with Crippen molar-refractivity contribution < 1.29 is 34.0 Å². The fourth-order valence-electron chi connectivity index (χ4n) is 2.91. The van der Waals surface area contributed by atoms with Crippen molar-refractivity contribution in [3.63, 3.8) is 0 Å². The highest BCUT2D eigenvalue weighted by atomic mass is 16.5. The molecule has 0 bridgehead atoms. The number of anilines is 1. The zero-order valence-electron chi connectivity index (χ0n) is 19.0. The van der Waals surface area contributed by atoms with Gasteiger partial charge in [-0.15, -0.1) is 0 Å². The van der Waals surface area contributed by atoms with Crippen molar-refractivity contribution in [1.82, 2.24) is 0 Å². The minimum Gasteiger partial charge on any atom is -0.490 e.